The molecule has 286 valence electrons. The summed E-state index contributed by atoms with van der Waals surface area (Å²) in [6.45, 7) is 13.3. The van der Waals surface area contributed by atoms with E-state index in [4.69, 9.17) is 9.72 Å². The van der Waals surface area contributed by atoms with Crippen LogP contribution in [0, 0.1) is 18.8 Å². The van der Waals surface area contributed by atoms with Gasteiger partial charge < -0.3 is 19.1 Å². The molecule has 0 spiro atoms. The van der Waals surface area contributed by atoms with Gasteiger partial charge in [-0.15, -0.1) is 53.6 Å². The Morgan fingerprint density at radius 2 is 1.30 bits per heavy atom. The molecule has 57 heavy (non-hydrogen) atoms. The van der Waals surface area contributed by atoms with Gasteiger partial charge in [0.2, 0.25) is 0 Å². The van der Waals surface area contributed by atoms with Crippen molar-refractivity contribution in [3.05, 3.63) is 200 Å². The summed E-state index contributed by atoms with van der Waals surface area (Å²) in [5.41, 5.74) is 9.60. The number of fused-ring (bicyclic) bond motifs is 3. The zero-order valence-corrected chi connectivity index (χ0v) is 35.0. The molecular weight excluding hydrogens is 880 g/mol. The summed E-state index contributed by atoms with van der Waals surface area (Å²) in [4.78, 5) is 9.15. The molecule has 2 aromatic heterocycles. The van der Waals surface area contributed by atoms with Crippen LogP contribution < -0.4 is 14.5 Å². The van der Waals surface area contributed by atoms with Gasteiger partial charge in [0.15, 0.2) is 0 Å². The molecule has 1 aliphatic heterocycles. The SMILES string of the molecule is CC(C)(C)c1cccc(N2C=CN(c3[c-]c(Oc4[c-]c5c(cc4)c4ccccc4n5-c4cc(C(C)(C)c5ccccc5)ccn4)cc(-c4ccccc4)c3)[CH-]2)c1.[Pt]. The van der Waals surface area contributed by atoms with E-state index in [2.05, 4.69) is 208 Å². The first-order valence-corrected chi connectivity index (χ1v) is 19.1. The molecule has 0 radical (unpaired) electrons. The monoisotopic (exact) mass is 922 g/mol. The Morgan fingerprint density at radius 1 is 0.579 bits per heavy atom. The number of ether oxygens (including phenoxy) is 1. The van der Waals surface area contributed by atoms with Crippen LogP contribution in [0.5, 0.6) is 11.5 Å². The third-order valence-corrected chi connectivity index (χ3v) is 10.8. The summed E-state index contributed by atoms with van der Waals surface area (Å²) < 4.78 is 8.91. The smallest absolute Gasteiger partial charge is 0.135 e. The van der Waals surface area contributed by atoms with Crippen molar-refractivity contribution in [2.24, 2.45) is 0 Å². The third kappa shape index (κ3) is 7.41. The Morgan fingerprint density at radius 3 is 2.09 bits per heavy atom. The van der Waals surface area contributed by atoms with E-state index in [-0.39, 0.29) is 31.9 Å². The van der Waals surface area contributed by atoms with Gasteiger partial charge >= 0.3 is 0 Å². The maximum atomic E-state index is 6.71. The maximum Gasteiger partial charge on any atom is 0.135 e. The second kappa shape index (κ2) is 15.2. The van der Waals surface area contributed by atoms with Gasteiger partial charge in [-0.1, -0.05) is 131 Å². The van der Waals surface area contributed by atoms with Crippen LogP contribution in [0.15, 0.2) is 164 Å². The molecule has 6 aromatic carbocycles. The first kappa shape index (κ1) is 38.0. The van der Waals surface area contributed by atoms with Crippen molar-refractivity contribution in [1.82, 2.24) is 9.55 Å². The van der Waals surface area contributed by atoms with E-state index in [1.807, 2.05) is 24.4 Å². The van der Waals surface area contributed by atoms with E-state index in [9.17, 15) is 0 Å². The van der Waals surface area contributed by atoms with Crippen LogP contribution >= 0.6 is 0 Å². The average Bonchev–Trinajstić information content (AvgIpc) is 3.85. The van der Waals surface area contributed by atoms with Crippen LogP contribution in [0.25, 0.3) is 38.8 Å². The van der Waals surface area contributed by atoms with Crippen LogP contribution in [-0.4, -0.2) is 9.55 Å². The number of anilines is 2. The fraction of sp³-hybridized carbons (Fsp3) is 0.137. The molecule has 6 heteroatoms. The Labute approximate surface area is 350 Å². The van der Waals surface area contributed by atoms with E-state index in [1.165, 1.54) is 16.7 Å². The van der Waals surface area contributed by atoms with Crippen LogP contribution in [0.2, 0.25) is 0 Å². The number of para-hydroxylation sites is 1. The van der Waals surface area contributed by atoms with Gasteiger partial charge in [0.1, 0.15) is 5.82 Å². The molecule has 1 aliphatic rings. The van der Waals surface area contributed by atoms with Gasteiger partial charge in [0, 0.05) is 55.4 Å². The van der Waals surface area contributed by atoms with Gasteiger partial charge in [-0.2, -0.15) is 6.07 Å². The molecule has 0 saturated heterocycles. The molecule has 0 N–H and O–H groups in total. The number of aromatic nitrogens is 2. The average molecular weight is 923 g/mol. The minimum absolute atomic E-state index is 0. The Hall–Kier alpha value is -5.90. The van der Waals surface area contributed by atoms with Crippen molar-refractivity contribution in [3.8, 4) is 28.4 Å². The Bertz CT molecular complexity index is 2730. The number of hydrogen-bond donors (Lipinski definition) is 0. The molecule has 8 aromatic rings. The number of rotatable bonds is 8. The van der Waals surface area contributed by atoms with Crippen LogP contribution in [0.3, 0.4) is 0 Å². The van der Waals surface area contributed by atoms with Crippen molar-refractivity contribution < 1.29 is 25.8 Å². The standard InChI is InChI=1S/C51H43N4O.Pt/c1-50(2,3)39-19-14-20-41(31-39)53-27-28-54(35-53)42-29-37(36-15-8-6-9-16-36)30-44(33-42)56-43-23-24-46-45-21-12-13-22-47(45)55(48(46)34-43)49-32-40(25-26-52-49)51(4,5)38-17-10-7-11-18-38;/h6-32,35H,1-5H3;/q-3;. The summed E-state index contributed by atoms with van der Waals surface area (Å²) in [6.07, 6.45) is 6.05. The number of hydrogen-bond acceptors (Lipinski definition) is 4. The van der Waals surface area contributed by atoms with Crippen molar-refractivity contribution in [1.29, 1.82) is 0 Å². The predicted octanol–water partition coefficient (Wildman–Crippen LogP) is 12.8. The molecule has 0 bridgehead atoms. The first-order valence-electron chi connectivity index (χ1n) is 19.1. The summed E-state index contributed by atoms with van der Waals surface area (Å²) in [6, 6.07) is 58.0. The van der Waals surface area contributed by atoms with Crippen molar-refractivity contribution in [3.63, 3.8) is 0 Å². The van der Waals surface area contributed by atoms with Crippen molar-refractivity contribution in [2.75, 3.05) is 9.80 Å². The largest absolute Gasteiger partial charge is 0.509 e. The zero-order valence-electron chi connectivity index (χ0n) is 32.7. The molecule has 3 heterocycles. The van der Waals surface area contributed by atoms with Crippen LogP contribution in [-0.2, 0) is 31.9 Å². The first-order chi connectivity index (χ1) is 27.1. The summed E-state index contributed by atoms with van der Waals surface area (Å²) in [7, 11) is 0. The van der Waals surface area contributed by atoms with Crippen molar-refractivity contribution >= 4 is 33.2 Å². The Balaban J connectivity index is 0.00000455. The summed E-state index contributed by atoms with van der Waals surface area (Å²) in [5, 5.41) is 2.21. The summed E-state index contributed by atoms with van der Waals surface area (Å²) in [5.74, 6) is 2.02. The maximum absolute atomic E-state index is 6.71. The molecule has 0 amide bonds. The van der Waals surface area contributed by atoms with E-state index in [0.29, 0.717) is 11.5 Å². The van der Waals surface area contributed by atoms with E-state index in [0.717, 1.165) is 50.1 Å². The molecule has 0 atom stereocenters. The molecule has 0 saturated carbocycles. The second-order valence-electron chi connectivity index (χ2n) is 15.9. The second-order valence-corrected chi connectivity index (χ2v) is 15.9. The van der Waals surface area contributed by atoms with Crippen molar-refractivity contribution in [2.45, 2.75) is 45.4 Å². The normalized spacial score (nSPS) is 13.0. The minimum atomic E-state index is -0.220. The van der Waals surface area contributed by atoms with Crippen LogP contribution in [0.1, 0.15) is 51.3 Å². The summed E-state index contributed by atoms with van der Waals surface area (Å²) >= 11 is 0. The van der Waals surface area contributed by atoms with Gasteiger partial charge in [-0.05, 0) is 75.8 Å². The fourth-order valence-electron chi connectivity index (χ4n) is 7.54. The van der Waals surface area contributed by atoms with Gasteiger partial charge in [0.25, 0.3) is 0 Å². The Kier molecular flexibility index (Phi) is 10.1. The number of nitrogens with zero attached hydrogens (tertiary/aromatic N) is 4. The third-order valence-electron chi connectivity index (χ3n) is 10.8. The topological polar surface area (TPSA) is 33.5 Å². The van der Waals surface area contributed by atoms with Gasteiger partial charge in [-0.25, -0.2) is 4.98 Å². The fourth-order valence-corrected chi connectivity index (χ4v) is 7.54. The molecular formula is C51H43N4OPt-3. The van der Waals surface area contributed by atoms with E-state index >= 15 is 0 Å². The van der Waals surface area contributed by atoms with Crippen LogP contribution in [0.4, 0.5) is 11.4 Å². The predicted molar refractivity (Wildman–Crippen MR) is 230 cm³/mol. The number of pyridine rings is 1. The minimum Gasteiger partial charge on any atom is -0.509 e. The zero-order chi connectivity index (χ0) is 38.4. The molecule has 0 fully saturated rings. The molecule has 0 aliphatic carbocycles. The molecule has 5 nitrogen and oxygen atoms in total. The molecule has 0 unspecified atom stereocenters. The van der Waals surface area contributed by atoms with Gasteiger partial charge in [-0.3, -0.25) is 0 Å². The van der Waals surface area contributed by atoms with E-state index in [1.54, 1.807) is 0 Å². The van der Waals surface area contributed by atoms with E-state index < -0.39 is 0 Å². The number of benzene rings is 6. The quantitative estimate of drug-likeness (QED) is 0.142. The van der Waals surface area contributed by atoms with Gasteiger partial charge in [0.05, 0.1) is 0 Å². The molecule has 9 rings (SSSR count).